The Labute approximate surface area is 323 Å². The van der Waals surface area contributed by atoms with Gasteiger partial charge in [0.2, 0.25) is 11.7 Å². The van der Waals surface area contributed by atoms with Crippen LogP contribution in [0.1, 0.15) is 44.6 Å². The number of nitrogens with zero attached hydrogens (tertiary/aromatic N) is 1. The van der Waals surface area contributed by atoms with Crippen LogP contribution in [-0.2, 0) is 52.3 Å². The van der Waals surface area contributed by atoms with Gasteiger partial charge in [0.1, 0.15) is 36.4 Å². The molecule has 290 valence electrons. The SMILES string of the molecule is O=C(NCCO)c1cccc(CNC(=O)[C@@]23C[C@H]4OC(=O)[C@@H]2N(Cc2ccc(C=COCCO)cc2)O[C@@H]3[C@H]2OC(c3ccccc3)(c3ccccc3)O[C@H]24)c1. The third kappa shape index (κ3) is 6.87. The monoisotopic (exact) mass is 761 g/mol. The lowest BCUT2D eigenvalue weighted by atomic mass is 9.62. The Morgan fingerprint density at radius 1 is 0.839 bits per heavy atom. The van der Waals surface area contributed by atoms with Gasteiger partial charge in [0.15, 0.2) is 6.04 Å². The maximum absolute atomic E-state index is 14.9. The molecule has 0 spiro atoms. The summed E-state index contributed by atoms with van der Waals surface area (Å²) in [7, 11) is 0. The first-order valence-electron chi connectivity index (χ1n) is 18.7. The van der Waals surface area contributed by atoms with E-state index in [1.165, 1.54) is 6.26 Å². The Bertz CT molecular complexity index is 2020. The first-order valence-corrected chi connectivity index (χ1v) is 18.7. The van der Waals surface area contributed by atoms with Crippen LogP contribution in [0.15, 0.2) is 115 Å². The second-order valence-electron chi connectivity index (χ2n) is 14.2. The third-order valence-corrected chi connectivity index (χ3v) is 10.8. The van der Waals surface area contributed by atoms with Gasteiger partial charge >= 0.3 is 5.97 Å². The highest BCUT2D eigenvalue weighted by molar-refractivity contribution is 5.95. The number of carbonyl (C=O) groups is 3. The van der Waals surface area contributed by atoms with Gasteiger partial charge < -0.3 is 39.8 Å². The van der Waals surface area contributed by atoms with Gasteiger partial charge in [-0.25, -0.2) is 0 Å². The van der Waals surface area contributed by atoms with Crippen LogP contribution in [-0.4, -0.2) is 89.9 Å². The summed E-state index contributed by atoms with van der Waals surface area (Å²) >= 11 is 0. The fraction of sp³-hybridized carbons (Fsp3) is 0.326. The van der Waals surface area contributed by atoms with E-state index in [0.717, 1.165) is 22.3 Å². The number of nitrogens with one attached hydrogen (secondary N) is 2. The van der Waals surface area contributed by atoms with Crippen molar-refractivity contribution >= 4 is 23.9 Å². The summed E-state index contributed by atoms with van der Waals surface area (Å²) in [5.41, 5.74) is 2.79. The van der Waals surface area contributed by atoms with Gasteiger partial charge in [-0.3, -0.25) is 19.2 Å². The fourth-order valence-electron chi connectivity index (χ4n) is 8.29. The number of amides is 2. The predicted molar refractivity (Wildman–Crippen MR) is 201 cm³/mol. The van der Waals surface area contributed by atoms with Crippen molar-refractivity contribution in [1.82, 2.24) is 15.7 Å². The number of fused-ring (bicyclic) bond motifs is 4. The number of rotatable bonds is 14. The van der Waals surface area contributed by atoms with Crippen LogP contribution in [0.4, 0.5) is 0 Å². The van der Waals surface area contributed by atoms with Crippen LogP contribution in [0.25, 0.3) is 6.08 Å². The van der Waals surface area contributed by atoms with Crippen molar-refractivity contribution in [2.75, 3.05) is 26.4 Å². The molecular formula is C43H43N3O10. The Morgan fingerprint density at radius 2 is 1.55 bits per heavy atom. The lowest BCUT2D eigenvalue weighted by molar-refractivity contribution is -0.213. The van der Waals surface area contributed by atoms with Gasteiger partial charge in [-0.15, -0.1) is 0 Å². The van der Waals surface area contributed by atoms with Gasteiger partial charge in [-0.1, -0.05) is 97.1 Å². The first kappa shape index (κ1) is 37.5. The highest BCUT2D eigenvalue weighted by Crippen LogP contribution is 2.59. The summed E-state index contributed by atoms with van der Waals surface area (Å²) in [5, 5.41) is 25.4. The molecule has 2 amide bonds. The summed E-state index contributed by atoms with van der Waals surface area (Å²) in [6, 6.07) is 32.5. The molecule has 6 atom stereocenters. The number of hydroxylamine groups is 2. The van der Waals surface area contributed by atoms with Crippen molar-refractivity contribution in [2.45, 2.75) is 55.8 Å². The molecule has 4 aromatic carbocycles. The molecule has 3 saturated heterocycles. The van der Waals surface area contributed by atoms with E-state index in [-0.39, 0.29) is 51.8 Å². The molecule has 13 nitrogen and oxygen atoms in total. The van der Waals surface area contributed by atoms with Crippen LogP contribution in [0.3, 0.4) is 0 Å². The molecule has 3 aliphatic heterocycles. The normalized spacial score (nSPS) is 26.0. The molecule has 4 fully saturated rings. The zero-order chi connectivity index (χ0) is 38.7. The van der Waals surface area contributed by atoms with Crippen molar-refractivity contribution in [3.8, 4) is 0 Å². The van der Waals surface area contributed by atoms with Crippen molar-refractivity contribution in [2.24, 2.45) is 5.41 Å². The van der Waals surface area contributed by atoms with Crippen molar-refractivity contribution in [3.05, 3.63) is 149 Å². The van der Waals surface area contributed by atoms with Crippen molar-refractivity contribution in [3.63, 3.8) is 0 Å². The van der Waals surface area contributed by atoms with Crippen molar-refractivity contribution in [1.29, 1.82) is 0 Å². The van der Waals surface area contributed by atoms with E-state index in [1.54, 1.807) is 35.4 Å². The number of carbonyl (C=O) groups excluding carboxylic acids is 3. The molecule has 4 aliphatic rings. The average Bonchev–Trinajstić information content (AvgIpc) is 3.82. The molecule has 0 aromatic heterocycles. The van der Waals surface area contributed by atoms with Crippen LogP contribution in [0.2, 0.25) is 0 Å². The number of hydrogen-bond acceptors (Lipinski definition) is 11. The van der Waals surface area contributed by atoms with Crippen LogP contribution >= 0.6 is 0 Å². The Hall–Kier alpha value is -5.41. The minimum absolute atomic E-state index is 0.0707. The minimum Gasteiger partial charge on any atom is -0.499 e. The zero-order valence-electron chi connectivity index (χ0n) is 30.5. The number of esters is 1. The second kappa shape index (κ2) is 16.0. The molecule has 0 radical (unpaired) electrons. The largest absolute Gasteiger partial charge is 0.499 e. The summed E-state index contributed by atoms with van der Waals surface area (Å²) in [6.45, 7) is 0.268. The van der Waals surface area contributed by atoms with E-state index in [1.807, 2.05) is 84.9 Å². The average molecular weight is 762 g/mol. The van der Waals surface area contributed by atoms with Gasteiger partial charge in [0, 0.05) is 36.2 Å². The smallest absolute Gasteiger partial charge is 0.327 e. The van der Waals surface area contributed by atoms with Crippen LogP contribution in [0.5, 0.6) is 0 Å². The van der Waals surface area contributed by atoms with Crippen molar-refractivity contribution < 1.29 is 48.4 Å². The summed E-state index contributed by atoms with van der Waals surface area (Å²) < 4.78 is 25.4. The van der Waals surface area contributed by atoms with Gasteiger partial charge in [-0.2, -0.15) is 5.06 Å². The fourth-order valence-corrected chi connectivity index (χ4v) is 8.29. The standard InChI is InChI=1S/C43H43N3O10/c47-20-19-44-39(49)31-9-7-8-30(24-31)26-45-41(51)42-25-34-35-36(55-43(54-35,32-10-3-1-4-11-32)33-12-5-2-6-13-33)38(42)56-46(37(42)40(50)53-34)27-29-16-14-28(15-17-29)18-22-52-23-21-48/h1-18,22,24,34-38,47-48H,19-21,23,25-27H2,(H,44,49)(H,45,51)/t34-,35+,36+,37+,38-,42+/m1/s1. The second-order valence-corrected chi connectivity index (χ2v) is 14.2. The summed E-state index contributed by atoms with van der Waals surface area (Å²) in [5.74, 6) is -2.73. The minimum atomic E-state index is -1.43. The van der Waals surface area contributed by atoms with E-state index < -0.39 is 53.5 Å². The van der Waals surface area contributed by atoms with Gasteiger partial charge in [0.25, 0.3) is 5.91 Å². The number of aliphatic hydroxyl groups is 2. The maximum atomic E-state index is 14.9. The third-order valence-electron chi connectivity index (χ3n) is 10.8. The number of ether oxygens (including phenoxy) is 4. The van der Waals surface area contributed by atoms with Crippen LogP contribution in [0, 0.1) is 5.41 Å². The highest BCUT2D eigenvalue weighted by atomic mass is 16.8. The van der Waals surface area contributed by atoms with E-state index >= 15 is 0 Å². The lowest BCUT2D eigenvalue weighted by Gasteiger charge is -2.48. The quantitative estimate of drug-likeness (QED) is 0.0848. The topological polar surface area (TPSA) is 165 Å². The molecule has 4 N–H and O–H groups in total. The van der Waals surface area contributed by atoms with Crippen LogP contribution < -0.4 is 10.6 Å². The molecule has 2 bridgehead atoms. The molecule has 1 aliphatic carbocycles. The Balaban J connectivity index is 1.13. The highest BCUT2D eigenvalue weighted by Gasteiger charge is 2.76. The molecule has 3 heterocycles. The summed E-state index contributed by atoms with van der Waals surface area (Å²) in [4.78, 5) is 48.5. The van der Waals surface area contributed by atoms with E-state index in [4.69, 9.17) is 34.0 Å². The Kier molecular flexibility index (Phi) is 10.7. The number of hydrogen-bond donors (Lipinski definition) is 4. The van der Waals surface area contributed by atoms with Gasteiger partial charge in [-0.05, 0) is 34.9 Å². The number of benzene rings is 4. The van der Waals surface area contributed by atoms with E-state index in [2.05, 4.69) is 10.6 Å². The molecule has 0 unspecified atom stereocenters. The Morgan fingerprint density at radius 3 is 2.25 bits per heavy atom. The molecule has 13 heteroatoms. The molecule has 4 aromatic rings. The zero-order valence-corrected chi connectivity index (χ0v) is 30.5. The maximum Gasteiger partial charge on any atom is 0.327 e. The van der Waals surface area contributed by atoms with E-state index in [0.29, 0.717) is 11.1 Å². The molecule has 56 heavy (non-hydrogen) atoms. The van der Waals surface area contributed by atoms with E-state index in [9.17, 15) is 14.4 Å². The number of aliphatic hydroxyl groups excluding tert-OH is 2. The molecule has 8 rings (SSSR count). The summed E-state index contributed by atoms with van der Waals surface area (Å²) in [6.07, 6.45) is 0.0631. The lowest BCUT2D eigenvalue weighted by Crippen LogP contribution is -2.69. The first-order chi connectivity index (χ1) is 27.4. The predicted octanol–water partition coefficient (Wildman–Crippen LogP) is 3.19. The molecular weight excluding hydrogens is 718 g/mol. The molecule has 1 saturated carbocycles. The van der Waals surface area contributed by atoms with Gasteiger partial charge in [0.05, 0.1) is 26.0 Å².